The number of anilines is 1. The van der Waals surface area contributed by atoms with Crippen LogP contribution in [0.15, 0.2) is 73.1 Å². The minimum atomic E-state index is -0.321. The lowest BCUT2D eigenvalue weighted by Gasteiger charge is -2.30. The summed E-state index contributed by atoms with van der Waals surface area (Å²) in [7, 11) is 0. The summed E-state index contributed by atoms with van der Waals surface area (Å²) in [6, 6.07) is 17.7. The first kappa shape index (κ1) is 22.0. The van der Waals surface area contributed by atoms with Crippen LogP contribution in [0.3, 0.4) is 0 Å². The number of halogens is 1. The van der Waals surface area contributed by atoms with Gasteiger partial charge in [0.15, 0.2) is 0 Å². The van der Waals surface area contributed by atoms with Gasteiger partial charge in [0.05, 0.1) is 18.5 Å². The van der Waals surface area contributed by atoms with E-state index in [1.54, 1.807) is 42.7 Å². The lowest BCUT2D eigenvalue weighted by atomic mass is 9.96. The molecule has 4 rings (SSSR count). The molecule has 1 saturated heterocycles. The van der Waals surface area contributed by atoms with E-state index in [1.165, 1.54) is 0 Å². The fourth-order valence-corrected chi connectivity index (χ4v) is 4.33. The molecule has 7 heteroatoms. The monoisotopic (exact) mass is 448 g/mol. The van der Waals surface area contributed by atoms with Gasteiger partial charge in [0.1, 0.15) is 0 Å². The molecule has 1 aromatic heterocycles. The van der Waals surface area contributed by atoms with Gasteiger partial charge in [-0.2, -0.15) is 0 Å². The third-order valence-corrected chi connectivity index (χ3v) is 6.01. The summed E-state index contributed by atoms with van der Waals surface area (Å²) in [6.07, 6.45) is 5.33. The average Bonchev–Trinajstić information content (AvgIpc) is 3.29. The van der Waals surface area contributed by atoms with Crippen LogP contribution in [0, 0.1) is 0 Å². The van der Waals surface area contributed by atoms with E-state index in [0.29, 0.717) is 29.2 Å². The van der Waals surface area contributed by atoms with Crippen molar-refractivity contribution in [2.24, 2.45) is 5.73 Å². The average molecular weight is 449 g/mol. The molecule has 0 spiro atoms. The number of benzene rings is 2. The van der Waals surface area contributed by atoms with Crippen LogP contribution in [0.25, 0.3) is 0 Å². The number of nitrogens with two attached hydrogens (primary N) is 1. The first-order chi connectivity index (χ1) is 15.5. The molecule has 1 aliphatic rings. The Balaban J connectivity index is 1.41. The fourth-order valence-electron chi connectivity index (χ4n) is 4.12. The molecule has 0 aliphatic carbocycles. The van der Waals surface area contributed by atoms with Crippen molar-refractivity contribution in [1.29, 1.82) is 0 Å². The smallest absolute Gasteiger partial charge is 0.255 e. The zero-order valence-corrected chi connectivity index (χ0v) is 18.3. The molecule has 2 amide bonds. The Morgan fingerprint density at radius 2 is 1.88 bits per heavy atom. The molecular formula is C25H25ClN4O2. The van der Waals surface area contributed by atoms with Gasteiger partial charge in [-0.15, -0.1) is 0 Å². The third kappa shape index (κ3) is 5.15. The maximum Gasteiger partial charge on any atom is 0.255 e. The first-order valence-electron chi connectivity index (χ1n) is 10.6. The molecule has 1 fully saturated rings. The van der Waals surface area contributed by atoms with E-state index < -0.39 is 0 Å². The zero-order chi connectivity index (χ0) is 22.5. The minimum Gasteiger partial charge on any atom is -0.338 e. The zero-order valence-electron chi connectivity index (χ0n) is 17.6. The molecule has 3 N–H and O–H groups in total. The second kappa shape index (κ2) is 9.94. The summed E-state index contributed by atoms with van der Waals surface area (Å²) in [6.45, 7) is 0.699. The maximum absolute atomic E-state index is 13.0. The van der Waals surface area contributed by atoms with Gasteiger partial charge in [0, 0.05) is 35.2 Å². The van der Waals surface area contributed by atoms with Crippen molar-refractivity contribution < 1.29 is 9.59 Å². The molecule has 0 saturated carbocycles. The Labute approximate surface area is 192 Å². The number of amides is 2. The second-order valence-corrected chi connectivity index (χ2v) is 8.38. The number of carbonyl (C=O) groups is 2. The second-order valence-electron chi connectivity index (χ2n) is 7.94. The Bertz CT molecular complexity index is 1090. The van der Waals surface area contributed by atoms with Gasteiger partial charge >= 0.3 is 0 Å². The molecule has 0 radical (unpaired) electrons. The van der Waals surface area contributed by atoms with E-state index in [0.717, 1.165) is 24.0 Å². The van der Waals surface area contributed by atoms with E-state index >= 15 is 0 Å². The summed E-state index contributed by atoms with van der Waals surface area (Å²) in [5.41, 5.74) is 9.59. The van der Waals surface area contributed by atoms with Gasteiger partial charge in [0.2, 0.25) is 5.91 Å². The summed E-state index contributed by atoms with van der Waals surface area (Å²) >= 11 is 6.05. The number of likely N-dealkylation sites (tertiary alicyclic amines) is 1. The molecule has 2 atom stereocenters. The van der Waals surface area contributed by atoms with Crippen molar-refractivity contribution in [2.75, 3.05) is 11.9 Å². The van der Waals surface area contributed by atoms with E-state index in [2.05, 4.69) is 10.3 Å². The maximum atomic E-state index is 13.0. The lowest BCUT2D eigenvalue weighted by molar-refractivity contribution is -0.131. The number of aromatic nitrogens is 1. The van der Waals surface area contributed by atoms with Crippen LogP contribution in [0.2, 0.25) is 5.02 Å². The summed E-state index contributed by atoms with van der Waals surface area (Å²) in [5.74, 6) is -0.144. The van der Waals surface area contributed by atoms with Crippen molar-refractivity contribution in [3.8, 4) is 0 Å². The Hall–Kier alpha value is -3.22. The Morgan fingerprint density at radius 1 is 1.12 bits per heavy atom. The summed E-state index contributed by atoms with van der Waals surface area (Å²) in [4.78, 5) is 31.2. The Morgan fingerprint density at radius 3 is 2.59 bits per heavy atom. The highest BCUT2D eigenvalue weighted by Crippen LogP contribution is 2.29. The molecule has 1 aliphatic heterocycles. The van der Waals surface area contributed by atoms with Crippen LogP contribution >= 0.6 is 11.6 Å². The highest BCUT2D eigenvalue weighted by atomic mass is 35.5. The molecule has 0 bridgehead atoms. The van der Waals surface area contributed by atoms with Gasteiger partial charge in [0.25, 0.3) is 5.91 Å². The predicted molar refractivity (Wildman–Crippen MR) is 125 cm³/mol. The minimum absolute atomic E-state index is 0.0542. The lowest BCUT2D eigenvalue weighted by Crippen LogP contribution is -2.42. The molecule has 32 heavy (non-hydrogen) atoms. The van der Waals surface area contributed by atoms with Crippen molar-refractivity contribution in [2.45, 2.75) is 31.3 Å². The molecule has 2 unspecified atom stereocenters. The van der Waals surface area contributed by atoms with Crippen LogP contribution < -0.4 is 11.1 Å². The third-order valence-electron chi connectivity index (χ3n) is 5.77. The van der Waals surface area contributed by atoms with Crippen LogP contribution in [-0.4, -0.2) is 34.3 Å². The predicted octanol–water partition coefficient (Wildman–Crippen LogP) is 4.22. The van der Waals surface area contributed by atoms with Gasteiger partial charge in [-0.3, -0.25) is 14.6 Å². The van der Waals surface area contributed by atoms with Crippen molar-refractivity contribution in [3.63, 3.8) is 0 Å². The van der Waals surface area contributed by atoms with Gasteiger partial charge in [-0.25, -0.2) is 0 Å². The number of pyridine rings is 1. The van der Waals surface area contributed by atoms with E-state index in [1.807, 2.05) is 35.2 Å². The van der Waals surface area contributed by atoms with Crippen LogP contribution in [-0.2, 0) is 11.2 Å². The molecular weight excluding hydrogens is 424 g/mol. The summed E-state index contributed by atoms with van der Waals surface area (Å²) < 4.78 is 0. The van der Waals surface area contributed by atoms with E-state index in [-0.39, 0.29) is 23.9 Å². The number of hydrogen-bond acceptors (Lipinski definition) is 4. The normalized spacial score (nSPS) is 16.6. The largest absolute Gasteiger partial charge is 0.338 e. The summed E-state index contributed by atoms with van der Waals surface area (Å²) in [5, 5.41) is 3.46. The van der Waals surface area contributed by atoms with Gasteiger partial charge < -0.3 is 16.0 Å². The number of hydrogen-bond donors (Lipinski definition) is 2. The highest BCUT2D eigenvalue weighted by Gasteiger charge is 2.33. The standard InChI is InChI=1S/C25H25ClN4O2/c26-20-4-1-3-17(15-20)16-23(31)30-14-2-5-22(30)24(27)18-6-8-19(9-7-18)25(32)29-21-10-12-28-13-11-21/h1,3-4,6-13,15,22,24H,2,5,14,16,27H2,(H,28,29,32). The van der Waals surface area contributed by atoms with E-state index in [9.17, 15) is 9.59 Å². The van der Waals surface area contributed by atoms with Gasteiger partial charge in [-0.1, -0.05) is 35.9 Å². The fraction of sp³-hybridized carbons (Fsp3) is 0.240. The van der Waals surface area contributed by atoms with E-state index in [4.69, 9.17) is 17.3 Å². The highest BCUT2D eigenvalue weighted by molar-refractivity contribution is 6.30. The number of rotatable bonds is 6. The SMILES string of the molecule is NC(c1ccc(C(=O)Nc2ccncc2)cc1)C1CCCN1C(=O)Cc1cccc(Cl)c1. The molecule has 2 heterocycles. The Kier molecular flexibility index (Phi) is 6.83. The molecule has 2 aromatic carbocycles. The molecule has 164 valence electrons. The number of carbonyl (C=O) groups excluding carboxylic acids is 2. The number of nitrogens with one attached hydrogen (secondary N) is 1. The van der Waals surface area contributed by atoms with Crippen molar-refractivity contribution in [1.82, 2.24) is 9.88 Å². The van der Waals surface area contributed by atoms with Crippen molar-refractivity contribution in [3.05, 3.63) is 94.8 Å². The van der Waals surface area contributed by atoms with Crippen LogP contribution in [0.4, 0.5) is 5.69 Å². The topological polar surface area (TPSA) is 88.3 Å². The first-order valence-corrected chi connectivity index (χ1v) is 11.0. The number of nitrogens with zero attached hydrogens (tertiary/aromatic N) is 2. The van der Waals surface area contributed by atoms with Crippen molar-refractivity contribution >= 4 is 29.1 Å². The van der Waals surface area contributed by atoms with Crippen LogP contribution in [0.5, 0.6) is 0 Å². The molecule has 6 nitrogen and oxygen atoms in total. The molecule has 3 aromatic rings. The van der Waals surface area contributed by atoms with Crippen LogP contribution in [0.1, 0.15) is 40.4 Å². The van der Waals surface area contributed by atoms with Gasteiger partial charge in [-0.05, 0) is 60.4 Å². The quantitative estimate of drug-likeness (QED) is 0.590.